The van der Waals surface area contributed by atoms with Crippen LogP contribution in [0, 0.1) is 12.7 Å². The molecule has 1 heterocycles. The van der Waals surface area contributed by atoms with Gasteiger partial charge >= 0.3 is 0 Å². The highest BCUT2D eigenvalue weighted by atomic mass is 19.1. The SMILES string of the molecule is CCCC1CCCCN1c1cc(C)c(F)cc1C(C)N. The van der Waals surface area contributed by atoms with Crippen molar-refractivity contribution in [1.29, 1.82) is 0 Å². The predicted molar refractivity (Wildman–Crippen MR) is 83.6 cm³/mol. The van der Waals surface area contributed by atoms with Gasteiger partial charge < -0.3 is 10.6 Å². The van der Waals surface area contributed by atoms with Gasteiger partial charge in [-0.15, -0.1) is 0 Å². The fourth-order valence-electron chi connectivity index (χ4n) is 3.25. The lowest BCUT2D eigenvalue weighted by molar-refractivity contribution is 0.433. The third kappa shape index (κ3) is 3.14. The van der Waals surface area contributed by atoms with Crippen LogP contribution in [0.2, 0.25) is 0 Å². The Morgan fingerprint density at radius 3 is 2.80 bits per heavy atom. The number of hydrogen-bond acceptors (Lipinski definition) is 2. The van der Waals surface area contributed by atoms with Gasteiger partial charge in [0, 0.05) is 24.3 Å². The van der Waals surface area contributed by atoms with Crippen LogP contribution in [0.5, 0.6) is 0 Å². The van der Waals surface area contributed by atoms with Crippen LogP contribution >= 0.6 is 0 Å². The maximum Gasteiger partial charge on any atom is 0.126 e. The molecule has 1 aliphatic rings. The van der Waals surface area contributed by atoms with E-state index in [1.807, 2.05) is 19.9 Å². The lowest BCUT2D eigenvalue weighted by Crippen LogP contribution is -2.40. The number of aryl methyl sites for hydroxylation is 1. The first kappa shape index (κ1) is 15.3. The van der Waals surface area contributed by atoms with Gasteiger partial charge in [0.15, 0.2) is 0 Å². The van der Waals surface area contributed by atoms with Gasteiger partial charge in [-0.3, -0.25) is 0 Å². The number of piperidine rings is 1. The summed E-state index contributed by atoms with van der Waals surface area (Å²) in [5.41, 5.74) is 8.87. The van der Waals surface area contributed by atoms with Gasteiger partial charge in [0.1, 0.15) is 5.82 Å². The summed E-state index contributed by atoms with van der Waals surface area (Å²) in [5, 5.41) is 0. The van der Waals surface area contributed by atoms with Gasteiger partial charge in [0.25, 0.3) is 0 Å². The Kier molecular flexibility index (Phi) is 5.03. The van der Waals surface area contributed by atoms with E-state index in [-0.39, 0.29) is 11.9 Å². The summed E-state index contributed by atoms with van der Waals surface area (Å²) >= 11 is 0. The smallest absolute Gasteiger partial charge is 0.126 e. The predicted octanol–water partition coefficient (Wildman–Crippen LogP) is 4.31. The quantitative estimate of drug-likeness (QED) is 0.889. The van der Waals surface area contributed by atoms with Crippen LogP contribution in [0.4, 0.5) is 10.1 Å². The lowest BCUT2D eigenvalue weighted by Gasteiger charge is -2.39. The Hall–Kier alpha value is -1.09. The molecule has 2 atom stereocenters. The Bertz CT molecular complexity index is 455. The minimum Gasteiger partial charge on any atom is -0.368 e. The summed E-state index contributed by atoms with van der Waals surface area (Å²) in [6, 6.07) is 4.06. The number of nitrogens with zero attached hydrogens (tertiary/aromatic N) is 1. The van der Waals surface area contributed by atoms with Crippen LogP contribution in [0.1, 0.15) is 63.1 Å². The summed E-state index contributed by atoms with van der Waals surface area (Å²) < 4.78 is 13.9. The third-order valence-corrected chi connectivity index (χ3v) is 4.36. The van der Waals surface area contributed by atoms with Gasteiger partial charge in [-0.05, 0) is 62.8 Å². The molecule has 1 aliphatic heterocycles. The van der Waals surface area contributed by atoms with Gasteiger partial charge in [0.2, 0.25) is 0 Å². The molecule has 0 aliphatic carbocycles. The molecule has 3 heteroatoms. The van der Waals surface area contributed by atoms with Crippen LogP contribution in [0.15, 0.2) is 12.1 Å². The van der Waals surface area contributed by atoms with E-state index < -0.39 is 0 Å². The number of nitrogens with two attached hydrogens (primary N) is 1. The standard InChI is InChI=1S/C17H27FN2/c1-4-7-14-8-5-6-9-20(14)17-10-12(2)16(18)11-15(17)13(3)19/h10-11,13-14H,4-9,19H2,1-3H3. The highest BCUT2D eigenvalue weighted by Gasteiger charge is 2.25. The average Bonchev–Trinajstić information content (AvgIpc) is 2.42. The normalized spacial score (nSPS) is 21.1. The molecular weight excluding hydrogens is 251 g/mol. The van der Waals surface area contributed by atoms with Crippen molar-refractivity contribution in [3.63, 3.8) is 0 Å². The number of hydrogen-bond donors (Lipinski definition) is 1. The van der Waals surface area contributed by atoms with Crippen molar-refractivity contribution in [3.05, 3.63) is 29.1 Å². The van der Waals surface area contributed by atoms with Crippen molar-refractivity contribution < 1.29 is 4.39 Å². The average molecular weight is 278 g/mol. The van der Waals surface area contributed by atoms with E-state index in [1.54, 1.807) is 6.07 Å². The molecule has 112 valence electrons. The monoisotopic (exact) mass is 278 g/mol. The van der Waals surface area contributed by atoms with E-state index in [0.717, 1.165) is 17.8 Å². The Balaban J connectivity index is 2.40. The molecule has 1 saturated heterocycles. The second-order valence-electron chi connectivity index (χ2n) is 6.08. The first-order valence-electron chi connectivity index (χ1n) is 7.86. The number of benzene rings is 1. The van der Waals surface area contributed by atoms with Gasteiger partial charge in [-0.2, -0.15) is 0 Å². The Labute approximate surface area is 122 Å². The topological polar surface area (TPSA) is 29.3 Å². The Morgan fingerprint density at radius 2 is 2.15 bits per heavy atom. The molecule has 20 heavy (non-hydrogen) atoms. The maximum absolute atomic E-state index is 13.9. The third-order valence-electron chi connectivity index (χ3n) is 4.36. The summed E-state index contributed by atoms with van der Waals surface area (Å²) in [6.45, 7) is 7.07. The minimum absolute atomic E-state index is 0.135. The van der Waals surface area contributed by atoms with Crippen molar-refractivity contribution >= 4 is 5.69 Å². The molecule has 2 nitrogen and oxygen atoms in total. The molecule has 0 radical (unpaired) electrons. The van der Waals surface area contributed by atoms with Crippen LogP contribution < -0.4 is 10.6 Å². The largest absolute Gasteiger partial charge is 0.368 e. The molecule has 2 unspecified atom stereocenters. The molecule has 1 aromatic carbocycles. The fraction of sp³-hybridized carbons (Fsp3) is 0.647. The second kappa shape index (κ2) is 6.57. The summed E-state index contributed by atoms with van der Waals surface area (Å²) in [4.78, 5) is 2.47. The fourth-order valence-corrected chi connectivity index (χ4v) is 3.25. The minimum atomic E-state index is -0.148. The van der Waals surface area contributed by atoms with Crippen LogP contribution in [-0.2, 0) is 0 Å². The zero-order valence-corrected chi connectivity index (χ0v) is 13.0. The van der Waals surface area contributed by atoms with Crippen LogP contribution in [0.25, 0.3) is 0 Å². The van der Waals surface area contributed by atoms with E-state index in [1.165, 1.54) is 32.1 Å². The molecule has 0 bridgehead atoms. The molecular formula is C17H27FN2. The zero-order valence-electron chi connectivity index (χ0n) is 13.0. The van der Waals surface area contributed by atoms with Crippen LogP contribution in [0.3, 0.4) is 0 Å². The van der Waals surface area contributed by atoms with Gasteiger partial charge in [0.05, 0.1) is 0 Å². The van der Waals surface area contributed by atoms with E-state index in [4.69, 9.17) is 5.73 Å². The Morgan fingerprint density at radius 1 is 1.40 bits per heavy atom. The molecule has 1 aromatic rings. The molecule has 1 fully saturated rings. The van der Waals surface area contributed by atoms with E-state index >= 15 is 0 Å². The number of halogens is 1. The van der Waals surface area contributed by atoms with Crippen molar-refractivity contribution in [2.75, 3.05) is 11.4 Å². The number of rotatable bonds is 4. The summed E-state index contributed by atoms with van der Waals surface area (Å²) in [7, 11) is 0. The van der Waals surface area contributed by atoms with E-state index in [2.05, 4.69) is 11.8 Å². The molecule has 2 N–H and O–H groups in total. The first-order chi connectivity index (χ1) is 9.54. The molecule has 0 saturated carbocycles. The highest BCUT2D eigenvalue weighted by molar-refractivity contribution is 5.58. The maximum atomic E-state index is 13.9. The first-order valence-corrected chi connectivity index (χ1v) is 7.86. The van der Waals surface area contributed by atoms with Gasteiger partial charge in [-0.25, -0.2) is 4.39 Å². The molecule has 0 spiro atoms. The van der Waals surface area contributed by atoms with E-state index in [9.17, 15) is 4.39 Å². The number of anilines is 1. The van der Waals surface area contributed by atoms with Crippen molar-refractivity contribution in [1.82, 2.24) is 0 Å². The lowest BCUT2D eigenvalue weighted by atomic mass is 9.94. The molecule has 2 rings (SSSR count). The molecule has 0 amide bonds. The van der Waals surface area contributed by atoms with E-state index in [0.29, 0.717) is 11.6 Å². The van der Waals surface area contributed by atoms with Crippen molar-refractivity contribution in [2.45, 2.75) is 65.0 Å². The van der Waals surface area contributed by atoms with Crippen molar-refractivity contribution in [2.24, 2.45) is 5.73 Å². The zero-order chi connectivity index (χ0) is 14.7. The second-order valence-corrected chi connectivity index (χ2v) is 6.08. The summed E-state index contributed by atoms with van der Waals surface area (Å²) in [5.74, 6) is -0.148. The molecule has 0 aromatic heterocycles. The highest BCUT2D eigenvalue weighted by Crippen LogP contribution is 2.34. The van der Waals surface area contributed by atoms with Crippen molar-refractivity contribution in [3.8, 4) is 0 Å². The summed E-state index contributed by atoms with van der Waals surface area (Å²) in [6.07, 6.45) is 6.15. The van der Waals surface area contributed by atoms with Crippen LogP contribution in [-0.4, -0.2) is 12.6 Å². The van der Waals surface area contributed by atoms with Gasteiger partial charge in [-0.1, -0.05) is 13.3 Å².